The van der Waals surface area contributed by atoms with E-state index in [2.05, 4.69) is 41.1 Å². The van der Waals surface area contributed by atoms with Crippen molar-refractivity contribution in [1.29, 1.82) is 0 Å². The summed E-state index contributed by atoms with van der Waals surface area (Å²) in [6.45, 7) is 2.75. The second-order valence-corrected chi connectivity index (χ2v) is 3.37. The Morgan fingerprint density at radius 2 is 2.18 bits per heavy atom. The van der Waals surface area contributed by atoms with E-state index in [1.165, 1.54) is 11.1 Å². The third-order valence-electron chi connectivity index (χ3n) is 1.55. The second-order valence-electron chi connectivity index (χ2n) is 2.52. The fourth-order valence-corrected chi connectivity index (χ4v) is 1.32. The molecule has 0 aliphatic heterocycles. The van der Waals surface area contributed by atoms with E-state index in [1.807, 2.05) is 0 Å². The van der Waals surface area contributed by atoms with Gasteiger partial charge >= 0.3 is 0 Å². The number of aryl methyl sites for hydroxylation is 1. The summed E-state index contributed by atoms with van der Waals surface area (Å²) in [5, 5.41) is 0. The van der Waals surface area contributed by atoms with E-state index in [1.54, 1.807) is 7.11 Å². The van der Waals surface area contributed by atoms with Gasteiger partial charge in [-0.25, -0.2) is 0 Å². The molecule has 0 spiro atoms. The van der Waals surface area contributed by atoms with Crippen LogP contribution >= 0.6 is 15.9 Å². The average molecular weight is 215 g/mol. The zero-order valence-electron chi connectivity index (χ0n) is 6.73. The molecular weight excluding hydrogens is 204 g/mol. The van der Waals surface area contributed by atoms with Crippen LogP contribution < -0.4 is 0 Å². The number of ether oxygens (including phenoxy) is 1. The number of benzene rings is 1. The van der Waals surface area contributed by atoms with Gasteiger partial charge in [-0.1, -0.05) is 28.1 Å². The first kappa shape index (κ1) is 8.75. The molecule has 0 heterocycles. The van der Waals surface area contributed by atoms with Gasteiger partial charge in [0.2, 0.25) is 0 Å². The largest absolute Gasteiger partial charge is 0.380 e. The minimum atomic E-state index is 0.679. The van der Waals surface area contributed by atoms with Crippen molar-refractivity contribution >= 4 is 15.9 Å². The first-order valence-corrected chi connectivity index (χ1v) is 4.27. The second kappa shape index (κ2) is 3.88. The first-order chi connectivity index (χ1) is 5.24. The summed E-state index contributed by atoms with van der Waals surface area (Å²) < 4.78 is 6.15. The molecule has 0 radical (unpaired) electrons. The Hall–Kier alpha value is -0.340. The van der Waals surface area contributed by atoms with Crippen LogP contribution in [0.1, 0.15) is 11.1 Å². The number of hydrogen-bond acceptors (Lipinski definition) is 1. The Morgan fingerprint density at radius 1 is 1.45 bits per heavy atom. The summed E-state index contributed by atoms with van der Waals surface area (Å²) in [7, 11) is 1.70. The molecule has 0 saturated heterocycles. The first-order valence-electron chi connectivity index (χ1n) is 3.48. The van der Waals surface area contributed by atoms with Gasteiger partial charge in [0.05, 0.1) is 6.61 Å². The Balaban J connectivity index is 2.86. The topological polar surface area (TPSA) is 9.23 Å². The molecule has 0 aliphatic carbocycles. The van der Waals surface area contributed by atoms with Crippen LogP contribution in [0.15, 0.2) is 22.7 Å². The molecule has 2 heteroatoms. The lowest BCUT2D eigenvalue weighted by Gasteiger charge is -2.01. The van der Waals surface area contributed by atoms with Crippen molar-refractivity contribution in [3.63, 3.8) is 0 Å². The number of halogens is 1. The lowest BCUT2D eigenvalue weighted by molar-refractivity contribution is 0.185. The van der Waals surface area contributed by atoms with E-state index in [9.17, 15) is 0 Å². The summed E-state index contributed by atoms with van der Waals surface area (Å²) in [6.07, 6.45) is 0. The third kappa shape index (κ3) is 2.31. The molecule has 0 aliphatic rings. The predicted molar refractivity (Wildman–Crippen MR) is 49.6 cm³/mol. The van der Waals surface area contributed by atoms with E-state index in [0.29, 0.717) is 6.61 Å². The molecule has 0 amide bonds. The van der Waals surface area contributed by atoms with Crippen LogP contribution in [0.5, 0.6) is 0 Å². The number of hydrogen-bond donors (Lipinski definition) is 0. The van der Waals surface area contributed by atoms with Gasteiger partial charge in [0.25, 0.3) is 0 Å². The highest BCUT2D eigenvalue weighted by atomic mass is 79.9. The van der Waals surface area contributed by atoms with Crippen LogP contribution in [-0.2, 0) is 11.3 Å². The predicted octanol–water partition coefficient (Wildman–Crippen LogP) is 2.90. The lowest BCUT2D eigenvalue weighted by Crippen LogP contribution is -1.87. The maximum absolute atomic E-state index is 5.00. The molecule has 11 heavy (non-hydrogen) atoms. The fourth-order valence-electron chi connectivity index (χ4n) is 0.893. The quantitative estimate of drug-likeness (QED) is 0.736. The summed E-state index contributed by atoms with van der Waals surface area (Å²) in [5.74, 6) is 0. The summed E-state index contributed by atoms with van der Waals surface area (Å²) in [4.78, 5) is 0. The van der Waals surface area contributed by atoms with Crippen LogP contribution in [0.3, 0.4) is 0 Å². The van der Waals surface area contributed by atoms with Gasteiger partial charge in [-0.3, -0.25) is 0 Å². The molecule has 0 atom stereocenters. The normalized spacial score (nSPS) is 10.1. The van der Waals surface area contributed by atoms with E-state index in [0.717, 1.165) is 4.47 Å². The molecule has 0 unspecified atom stereocenters. The standard InChI is InChI=1S/C9H11BrO/c1-7-3-4-8(6-11-2)5-9(7)10/h3-5H,6H2,1-2H3. The molecule has 0 N–H and O–H groups in total. The van der Waals surface area contributed by atoms with Gasteiger partial charge in [0.1, 0.15) is 0 Å². The SMILES string of the molecule is COCc1ccc(C)c(Br)c1. The minimum Gasteiger partial charge on any atom is -0.380 e. The molecule has 0 fully saturated rings. The van der Waals surface area contributed by atoms with Crippen molar-refractivity contribution in [1.82, 2.24) is 0 Å². The van der Waals surface area contributed by atoms with E-state index in [-0.39, 0.29) is 0 Å². The van der Waals surface area contributed by atoms with Crippen LogP contribution in [-0.4, -0.2) is 7.11 Å². The van der Waals surface area contributed by atoms with Crippen molar-refractivity contribution in [3.8, 4) is 0 Å². The molecule has 0 aromatic heterocycles. The Labute approximate surface area is 75.5 Å². The van der Waals surface area contributed by atoms with Gasteiger partial charge in [-0.05, 0) is 24.1 Å². The van der Waals surface area contributed by atoms with Gasteiger partial charge in [-0.15, -0.1) is 0 Å². The number of methoxy groups -OCH3 is 1. The molecule has 0 saturated carbocycles. The van der Waals surface area contributed by atoms with Crippen LogP contribution in [0, 0.1) is 6.92 Å². The Kier molecular flexibility index (Phi) is 3.09. The lowest BCUT2D eigenvalue weighted by atomic mass is 10.2. The van der Waals surface area contributed by atoms with E-state index >= 15 is 0 Å². The Bertz CT molecular complexity index is 245. The zero-order valence-corrected chi connectivity index (χ0v) is 8.31. The highest BCUT2D eigenvalue weighted by Gasteiger charge is 1.95. The smallest absolute Gasteiger partial charge is 0.0713 e. The molecule has 60 valence electrons. The third-order valence-corrected chi connectivity index (χ3v) is 2.40. The van der Waals surface area contributed by atoms with E-state index in [4.69, 9.17) is 4.74 Å². The van der Waals surface area contributed by atoms with Gasteiger partial charge in [-0.2, -0.15) is 0 Å². The van der Waals surface area contributed by atoms with Crippen molar-refractivity contribution in [2.45, 2.75) is 13.5 Å². The molecule has 1 aromatic carbocycles. The summed E-state index contributed by atoms with van der Waals surface area (Å²) >= 11 is 3.46. The Morgan fingerprint density at radius 3 is 2.73 bits per heavy atom. The number of rotatable bonds is 2. The van der Waals surface area contributed by atoms with Crippen LogP contribution in [0.4, 0.5) is 0 Å². The average Bonchev–Trinajstić information content (AvgIpc) is 1.98. The highest BCUT2D eigenvalue weighted by Crippen LogP contribution is 2.17. The molecule has 1 rings (SSSR count). The van der Waals surface area contributed by atoms with Gasteiger partial charge in [0, 0.05) is 11.6 Å². The fraction of sp³-hybridized carbons (Fsp3) is 0.333. The van der Waals surface area contributed by atoms with Gasteiger partial charge < -0.3 is 4.74 Å². The minimum absolute atomic E-state index is 0.679. The molecular formula is C9H11BrO. The zero-order chi connectivity index (χ0) is 8.27. The summed E-state index contributed by atoms with van der Waals surface area (Å²) in [5.41, 5.74) is 2.45. The van der Waals surface area contributed by atoms with Crippen LogP contribution in [0.2, 0.25) is 0 Å². The highest BCUT2D eigenvalue weighted by molar-refractivity contribution is 9.10. The molecule has 1 nitrogen and oxygen atoms in total. The maximum Gasteiger partial charge on any atom is 0.0713 e. The van der Waals surface area contributed by atoms with Crippen molar-refractivity contribution in [3.05, 3.63) is 33.8 Å². The molecule has 1 aromatic rings. The maximum atomic E-state index is 5.00. The van der Waals surface area contributed by atoms with Crippen molar-refractivity contribution < 1.29 is 4.74 Å². The monoisotopic (exact) mass is 214 g/mol. The van der Waals surface area contributed by atoms with E-state index < -0.39 is 0 Å². The van der Waals surface area contributed by atoms with Gasteiger partial charge in [0.15, 0.2) is 0 Å². The van der Waals surface area contributed by atoms with Crippen molar-refractivity contribution in [2.24, 2.45) is 0 Å². The van der Waals surface area contributed by atoms with Crippen molar-refractivity contribution in [2.75, 3.05) is 7.11 Å². The molecule has 0 bridgehead atoms. The van der Waals surface area contributed by atoms with Crippen LogP contribution in [0.25, 0.3) is 0 Å². The summed E-state index contributed by atoms with van der Waals surface area (Å²) in [6, 6.07) is 6.24.